The molecule has 0 amide bonds. The lowest BCUT2D eigenvalue weighted by atomic mass is 10.3. The van der Waals surface area contributed by atoms with Crippen LogP contribution in [0.5, 0.6) is 5.75 Å². The number of hydrogen-bond acceptors (Lipinski definition) is 5. The zero-order chi connectivity index (χ0) is 12.2. The van der Waals surface area contributed by atoms with Crippen LogP contribution in [0.4, 0.5) is 5.69 Å². The van der Waals surface area contributed by atoms with Crippen molar-refractivity contribution in [2.75, 3.05) is 11.6 Å². The summed E-state index contributed by atoms with van der Waals surface area (Å²) in [5, 5.41) is 10.3. The SMILES string of the molecule is O=[N+]([O-])c1ccc(OS(=O)(=O)CCCl)cc1. The van der Waals surface area contributed by atoms with Crippen LogP contribution >= 0.6 is 11.6 Å². The highest BCUT2D eigenvalue weighted by Crippen LogP contribution is 2.18. The maximum atomic E-state index is 11.2. The van der Waals surface area contributed by atoms with Crippen LogP contribution in [0.2, 0.25) is 0 Å². The number of alkyl halides is 1. The Balaban J connectivity index is 2.80. The first-order valence-corrected chi connectivity index (χ1v) is 6.28. The molecule has 0 aliphatic rings. The molecule has 0 saturated heterocycles. The van der Waals surface area contributed by atoms with E-state index < -0.39 is 15.0 Å². The van der Waals surface area contributed by atoms with E-state index in [1.165, 1.54) is 12.1 Å². The van der Waals surface area contributed by atoms with Gasteiger partial charge in [0.15, 0.2) is 0 Å². The molecule has 0 aliphatic heterocycles. The zero-order valence-corrected chi connectivity index (χ0v) is 9.57. The summed E-state index contributed by atoms with van der Waals surface area (Å²) in [6.07, 6.45) is 0. The highest BCUT2D eigenvalue weighted by atomic mass is 35.5. The number of nitro groups is 1. The molecule has 0 fully saturated rings. The molecule has 0 saturated carbocycles. The zero-order valence-electron chi connectivity index (χ0n) is 8.00. The van der Waals surface area contributed by atoms with Crippen molar-refractivity contribution in [1.82, 2.24) is 0 Å². The Bertz CT molecular complexity index is 470. The first-order chi connectivity index (χ1) is 7.44. The first-order valence-electron chi connectivity index (χ1n) is 4.17. The third-order valence-electron chi connectivity index (χ3n) is 1.60. The van der Waals surface area contributed by atoms with Crippen molar-refractivity contribution < 1.29 is 17.5 Å². The van der Waals surface area contributed by atoms with Crippen molar-refractivity contribution in [3.63, 3.8) is 0 Å². The van der Waals surface area contributed by atoms with Gasteiger partial charge in [-0.15, -0.1) is 11.6 Å². The molecule has 6 nitrogen and oxygen atoms in total. The molecule has 0 heterocycles. The fraction of sp³-hybridized carbons (Fsp3) is 0.250. The Morgan fingerprint density at radius 1 is 1.31 bits per heavy atom. The molecule has 1 aromatic carbocycles. The lowest BCUT2D eigenvalue weighted by Crippen LogP contribution is -2.14. The molecule has 88 valence electrons. The standard InChI is InChI=1S/C8H8ClNO5S/c9-5-6-16(13,14)15-8-3-1-7(2-4-8)10(11)12/h1-4H,5-6H2. The van der Waals surface area contributed by atoms with Crippen LogP contribution in [0.1, 0.15) is 0 Å². The minimum Gasteiger partial charge on any atom is -0.382 e. The van der Waals surface area contributed by atoms with Gasteiger partial charge in [-0.05, 0) is 12.1 Å². The number of nitro benzene ring substituents is 1. The van der Waals surface area contributed by atoms with Crippen LogP contribution in [-0.4, -0.2) is 25.0 Å². The second kappa shape index (κ2) is 5.13. The molecule has 0 radical (unpaired) electrons. The van der Waals surface area contributed by atoms with E-state index in [1.54, 1.807) is 0 Å². The second-order valence-corrected chi connectivity index (χ2v) is 4.85. The second-order valence-electron chi connectivity index (χ2n) is 2.79. The Labute approximate surface area is 97.1 Å². The fourth-order valence-electron chi connectivity index (χ4n) is 0.906. The van der Waals surface area contributed by atoms with Gasteiger partial charge in [0.1, 0.15) is 5.75 Å². The van der Waals surface area contributed by atoms with Gasteiger partial charge >= 0.3 is 10.1 Å². The monoisotopic (exact) mass is 265 g/mol. The summed E-state index contributed by atoms with van der Waals surface area (Å²) >= 11 is 5.27. The van der Waals surface area contributed by atoms with Gasteiger partial charge in [-0.3, -0.25) is 10.1 Å². The van der Waals surface area contributed by atoms with E-state index in [1.807, 2.05) is 0 Å². The van der Waals surface area contributed by atoms with Crippen molar-refractivity contribution in [3.05, 3.63) is 34.4 Å². The minimum atomic E-state index is -3.72. The lowest BCUT2D eigenvalue weighted by molar-refractivity contribution is -0.384. The molecule has 0 aromatic heterocycles. The van der Waals surface area contributed by atoms with Gasteiger partial charge in [-0.2, -0.15) is 8.42 Å². The molecular formula is C8H8ClNO5S. The maximum absolute atomic E-state index is 11.2. The largest absolute Gasteiger partial charge is 0.382 e. The predicted octanol–water partition coefficient (Wildman–Crippen LogP) is 1.54. The number of hydrogen-bond donors (Lipinski definition) is 0. The topological polar surface area (TPSA) is 86.5 Å². The molecule has 0 atom stereocenters. The van der Waals surface area contributed by atoms with Crippen molar-refractivity contribution in [2.24, 2.45) is 0 Å². The fourth-order valence-corrected chi connectivity index (χ4v) is 2.15. The van der Waals surface area contributed by atoms with Gasteiger partial charge in [-0.25, -0.2) is 0 Å². The molecule has 1 aromatic rings. The van der Waals surface area contributed by atoms with Crippen LogP contribution < -0.4 is 4.18 Å². The summed E-state index contributed by atoms with van der Waals surface area (Å²) in [5.74, 6) is -0.364. The van der Waals surface area contributed by atoms with Crippen molar-refractivity contribution in [2.45, 2.75) is 0 Å². The van der Waals surface area contributed by atoms with E-state index >= 15 is 0 Å². The number of nitrogens with zero attached hydrogens (tertiary/aromatic N) is 1. The van der Waals surface area contributed by atoms with E-state index in [-0.39, 0.29) is 23.1 Å². The molecule has 0 bridgehead atoms. The summed E-state index contributed by atoms with van der Waals surface area (Å²) in [7, 11) is -3.72. The molecule has 1 rings (SSSR count). The number of non-ortho nitro benzene ring substituents is 1. The molecule has 0 unspecified atom stereocenters. The third-order valence-corrected chi connectivity index (χ3v) is 3.16. The van der Waals surface area contributed by atoms with Crippen molar-refractivity contribution in [1.29, 1.82) is 0 Å². The van der Waals surface area contributed by atoms with E-state index in [4.69, 9.17) is 11.6 Å². The average Bonchev–Trinajstić information content (AvgIpc) is 2.17. The lowest BCUT2D eigenvalue weighted by Gasteiger charge is -2.04. The number of benzene rings is 1. The highest BCUT2D eigenvalue weighted by Gasteiger charge is 2.12. The Hall–Kier alpha value is -1.34. The quantitative estimate of drug-likeness (QED) is 0.349. The summed E-state index contributed by atoms with van der Waals surface area (Å²) in [4.78, 5) is 9.74. The van der Waals surface area contributed by atoms with Gasteiger partial charge < -0.3 is 4.18 Å². The Kier molecular flexibility index (Phi) is 4.08. The maximum Gasteiger partial charge on any atom is 0.310 e. The summed E-state index contributed by atoms with van der Waals surface area (Å²) < 4.78 is 27.0. The molecule has 0 N–H and O–H groups in total. The van der Waals surface area contributed by atoms with Gasteiger partial charge in [0.25, 0.3) is 5.69 Å². The first kappa shape index (κ1) is 12.7. The van der Waals surface area contributed by atoms with E-state index in [0.717, 1.165) is 12.1 Å². The predicted molar refractivity (Wildman–Crippen MR) is 58.2 cm³/mol. The smallest absolute Gasteiger partial charge is 0.310 e. The summed E-state index contributed by atoms with van der Waals surface area (Å²) in [6, 6.07) is 4.74. The van der Waals surface area contributed by atoms with Crippen LogP contribution in [0.25, 0.3) is 0 Å². The van der Waals surface area contributed by atoms with Gasteiger partial charge in [0.2, 0.25) is 0 Å². The van der Waals surface area contributed by atoms with Crippen LogP contribution in [0.15, 0.2) is 24.3 Å². The van der Waals surface area contributed by atoms with Crippen molar-refractivity contribution in [3.8, 4) is 5.75 Å². The third kappa shape index (κ3) is 3.67. The molecule has 8 heteroatoms. The van der Waals surface area contributed by atoms with Crippen LogP contribution in [0, 0.1) is 10.1 Å². The van der Waals surface area contributed by atoms with Crippen LogP contribution in [-0.2, 0) is 10.1 Å². The Morgan fingerprint density at radius 3 is 2.31 bits per heavy atom. The molecular weight excluding hydrogens is 258 g/mol. The van der Waals surface area contributed by atoms with E-state index in [2.05, 4.69) is 4.18 Å². The normalized spacial score (nSPS) is 11.1. The number of rotatable bonds is 5. The van der Waals surface area contributed by atoms with E-state index in [0.29, 0.717) is 0 Å². The summed E-state index contributed by atoms with van der Waals surface area (Å²) in [6.45, 7) is 0. The number of halogens is 1. The van der Waals surface area contributed by atoms with E-state index in [9.17, 15) is 18.5 Å². The average molecular weight is 266 g/mol. The highest BCUT2D eigenvalue weighted by molar-refractivity contribution is 7.87. The van der Waals surface area contributed by atoms with Crippen molar-refractivity contribution >= 4 is 27.4 Å². The molecule has 16 heavy (non-hydrogen) atoms. The molecule has 0 spiro atoms. The van der Waals surface area contributed by atoms with Gasteiger partial charge in [0.05, 0.1) is 10.7 Å². The van der Waals surface area contributed by atoms with Crippen LogP contribution in [0.3, 0.4) is 0 Å². The Morgan fingerprint density at radius 2 is 1.88 bits per heavy atom. The summed E-state index contributed by atoms with van der Waals surface area (Å²) in [5.41, 5.74) is -0.137. The molecule has 0 aliphatic carbocycles. The minimum absolute atomic E-state index is 0.0238. The van der Waals surface area contributed by atoms with Gasteiger partial charge in [-0.1, -0.05) is 0 Å². The van der Waals surface area contributed by atoms with Gasteiger partial charge in [0, 0.05) is 18.0 Å².